The Labute approximate surface area is 106 Å². The number of hydrogen-bond donors (Lipinski definition) is 2. The Morgan fingerprint density at radius 3 is 2.37 bits per heavy atom. The van der Waals surface area contributed by atoms with Gasteiger partial charge in [-0.3, -0.25) is 9.36 Å². The van der Waals surface area contributed by atoms with E-state index in [1.54, 1.807) is 30.3 Å². The van der Waals surface area contributed by atoms with Crippen LogP contribution < -0.4 is 5.56 Å². The molecule has 96 valence electrons. The van der Waals surface area contributed by atoms with Crippen molar-refractivity contribution in [1.82, 2.24) is 4.57 Å². The van der Waals surface area contributed by atoms with E-state index in [0.717, 1.165) is 4.57 Å². The first-order valence-corrected chi connectivity index (χ1v) is 5.30. The smallest absolute Gasteiger partial charge is 0.353 e. The van der Waals surface area contributed by atoms with Crippen molar-refractivity contribution in [2.75, 3.05) is 0 Å². The summed E-state index contributed by atoms with van der Waals surface area (Å²) in [5.74, 6) is -2.92. The Morgan fingerprint density at radius 2 is 1.74 bits per heavy atom. The van der Waals surface area contributed by atoms with Crippen molar-refractivity contribution in [1.29, 1.82) is 0 Å². The molecule has 0 aliphatic rings. The number of carboxylic acids is 2. The third kappa shape index (κ3) is 2.37. The summed E-state index contributed by atoms with van der Waals surface area (Å²) in [7, 11) is 0. The van der Waals surface area contributed by atoms with Crippen LogP contribution in [0.3, 0.4) is 0 Å². The molecule has 1 heterocycles. The van der Waals surface area contributed by atoms with E-state index in [-0.39, 0.29) is 0 Å². The third-order valence-electron chi connectivity index (χ3n) is 2.52. The molecule has 0 spiro atoms. The predicted molar refractivity (Wildman–Crippen MR) is 67.8 cm³/mol. The van der Waals surface area contributed by atoms with Crippen molar-refractivity contribution < 1.29 is 19.8 Å². The number of pyridine rings is 1. The Balaban J connectivity index is 2.87. The van der Waals surface area contributed by atoms with E-state index < -0.39 is 23.2 Å². The highest BCUT2D eigenvalue weighted by Gasteiger charge is 2.15. The minimum atomic E-state index is -1.49. The van der Waals surface area contributed by atoms with Crippen LogP contribution in [0.25, 0.3) is 16.6 Å². The topological polar surface area (TPSA) is 96.6 Å². The third-order valence-corrected chi connectivity index (χ3v) is 2.52. The molecule has 6 nitrogen and oxygen atoms in total. The van der Waals surface area contributed by atoms with Crippen LogP contribution in [0.4, 0.5) is 0 Å². The number of carbonyl (C=O) groups is 2. The van der Waals surface area contributed by atoms with Gasteiger partial charge in [0.25, 0.3) is 5.56 Å². The molecule has 0 fully saturated rings. The van der Waals surface area contributed by atoms with Gasteiger partial charge in [0.05, 0.1) is 11.6 Å². The predicted octanol–water partition coefficient (Wildman–Crippen LogP) is 1.01. The minimum absolute atomic E-state index is 0.338. The molecule has 0 amide bonds. The van der Waals surface area contributed by atoms with Crippen LogP contribution in [0.5, 0.6) is 0 Å². The lowest BCUT2D eigenvalue weighted by Crippen LogP contribution is -2.23. The molecule has 0 saturated carbocycles. The lowest BCUT2D eigenvalue weighted by Gasteiger charge is -2.09. The molecule has 6 heteroatoms. The Hall–Kier alpha value is -2.89. The zero-order valence-electron chi connectivity index (χ0n) is 9.61. The second-order valence-electron chi connectivity index (χ2n) is 3.74. The number of carboxylic acid groups (broad SMARTS) is 2. The van der Waals surface area contributed by atoms with Crippen LogP contribution >= 0.6 is 0 Å². The molecule has 1 aromatic heterocycles. The van der Waals surface area contributed by atoms with Gasteiger partial charge in [-0.05, 0) is 17.5 Å². The molecule has 2 rings (SSSR count). The maximum atomic E-state index is 11.8. The summed E-state index contributed by atoms with van der Waals surface area (Å²) < 4.78 is 0.867. The summed E-state index contributed by atoms with van der Waals surface area (Å²) in [6.45, 7) is 0. The summed E-state index contributed by atoms with van der Waals surface area (Å²) in [5.41, 5.74) is -0.868. The van der Waals surface area contributed by atoms with Crippen molar-refractivity contribution in [3.05, 3.63) is 52.8 Å². The van der Waals surface area contributed by atoms with Gasteiger partial charge in [-0.2, -0.15) is 0 Å². The molecule has 0 atom stereocenters. The van der Waals surface area contributed by atoms with E-state index in [0.29, 0.717) is 17.0 Å². The van der Waals surface area contributed by atoms with Gasteiger partial charge in [-0.25, -0.2) is 9.59 Å². The van der Waals surface area contributed by atoms with Gasteiger partial charge in [0.15, 0.2) is 0 Å². The molecule has 2 aromatic rings. The van der Waals surface area contributed by atoms with Crippen molar-refractivity contribution in [3.63, 3.8) is 0 Å². The average Bonchev–Trinajstić information content (AvgIpc) is 2.36. The van der Waals surface area contributed by atoms with Gasteiger partial charge in [0.1, 0.15) is 5.70 Å². The van der Waals surface area contributed by atoms with Gasteiger partial charge >= 0.3 is 11.9 Å². The molecule has 2 N–H and O–H groups in total. The molecule has 0 radical (unpaired) electrons. The molecule has 0 bridgehead atoms. The van der Waals surface area contributed by atoms with E-state index >= 15 is 0 Å². The largest absolute Gasteiger partial charge is 0.478 e. The lowest BCUT2D eigenvalue weighted by molar-refractivity contribution is -0.133. The Morgan fingerprint density at radius 1 is 1.05 bits per heavy atom. The fourth-order valence-electron chi connectivity index (χ4n) is 1.77. The highest BCUT2D eigenvalue weighted by molar-refractivity contribution is 6.14. The van der Waals surface area contributed by atoms with Crippen LogP contribution in [0.15, 0.2) is 47.3 Å². The molecule has 0 aliphatic heterocycles. The van der Waals surface area contributed by atoms with Crippen molar-refractivity contribution in [3.8, 4) is 0 Å². The highest BCUT2D eigenvalue weighted by atomic mass is 16.4. The molecule has 0 saturated heterocycles. The van der Waals surface area contributed by atoms with Gasteiger partial charge in [0, 0.05) is 6.07 Å². The number of benzene rings is 1. The SMILES string of the molecule is O=C(O)/C=C(\C(=O)O)n1c(=O)ccc2ccccc21. The maximum Gasteiger partial charge on any atom is 0.353 e. The zero-order chi connectivity index (χ0) is 14.0. The van der Waals surface area contributed by atoms with Gasteiger partial charge in [-0.1, -0.05) is 18.2 Å². The highest BCUT2D eigenvalue weighted by Crippen LogP contribution is 2.15. The monoisotopic (exact) mass is 259 g/mol. The van der Waals surface area contributed by atoms with Crippen LogP contribution in [0, 0.1) is 0 Å². The fraction of sp³-hybridized carbons (Fsp3) is 0. The standard InChI is InChI=1S/C13H9NO5/c15-11-6-5-8-3-1-2-4-9(8)14(11)10(13(18)19)7-12(16)17/h1-7H,(H,16,17)(H,18,19)/b10-7+. The van der Waals surface area contributed by atoms with E-state index in [9.17, 15) is 14.4 Å². The number of fused-ring (bicyclic) bond motifs is 1. The van der Waals surface area contributed by atoms with Crippen LogP contribution in [-0.2, 0) is 9.59 Å². The van der Waals surface area contributed by atoms with Crippen molar-refractivity contribution in [2.24, 2.45) is 0 Å². The van der Waals surface area contributed by atoms with E-state index in [1.807, 2.05) is 0 Å². The van der Waals surface area contributed by atoms with Crippen molar-refractivity contribution in [2.45, 2.75) is 0 Å². The normalized spacial score (nSPS) is 11.5. The first-order valence-electron chi connectivity index (χ1n) is 5.30. The molecular weight excluding hydrogens is 250 g/mol. The fourth-order valence-corrected chi connectivity index (χ4v) is 1.77. The number of hydrogen-bond acceptors (Lipinski definition) is 3. The number of rotatable bonds is 3. The number of nitrogens with zero attached hydrogens (tertiary/aromatic N) is 1. The molecule has 19 heavy (non-hydrogen) atoms. The summed E-state index contributed by atoms with van der Waals surface area (Å²) in [6, 6.07) is 9.37. The van der Waals surface area contributed by atoms with E-state index in [1.165, 1.54) is 6.07 Å². The Bertz CT molecular complexity index is 757. The molecule has 0 aliphatic carbocycles. The first kappa shape index (κ1) is 12.6. The van der Waals surface area contributed by atoms with Crippen LogP contribution in [0.1, 0.15) is 0 Å². The van der Waals surface area contributed by atoms with Crippen LogP contribution in [-0.4, -0.2) is 26.7 Å². The van der Waals surface area contributed by atoms with Crippen molar-refractivity contribution >= 4 is 28.5 Å². The quantitative estimate of drug-likeness (QED) is 0.802. The number of aliphatic carboxylic acids is 2. The summed E-state index contributed by atoms with van der Waals surface area (Å²) >= 11 is 0. The molecular formula is C13H9NO5. The average molecular weight is 259 g/mol. The second-order valence-corrected chi connectivity index (χ2v) is 3.74. The number of para-hydroxylation sites is 1. The summed E-state index contributed by atoms with van der Waals surface area (Å²) in [5, 5.41) is 18.4. The zero-order valence-corrected chi connectivity index (χ0v) is 9.61. The van der Waals surface area contributed by atoms with Gasteiger partial charge in [-0.15, -0.1) is 0 Å². The molecule has 1 aromatic carbocycles. The molecule has 0 unspecified atom stereocenters. The Kier molecular flexibility index (Phi) is 3.15. The lowest BCUT2D eigenvalue weighted by atomic mass is 10.2. The van der Waals surface area contributed by atoms with Gasteiger partial charge < -0.3 is 10.2 Å². The second kappa shape index (κ2) is 4.77. The van der Waals surface area contributed by atoms with Gasteiger partial charge in [0.2, 0.25) is 0 Å². The van der Waals surface area contributed by atoms with E-state index in [4.69, 9.17) is 10.2 Å². The first-order chi connectivity index (χ1) is 9.00. The summed E-state index contributed by atoms with van der Waals surface area (Å²) in [6.07, 6.45) is 0.496. The minimum Gasteiger partial charge on any atom is -0.478 e. The number of aromatic nitrogens is 1. The summed E-state index contributed by atoms with van der Waals surface area (Å²) in [4.78, 5) is 33.6. The van der Waals surface area contributed by atoms with E-state index in [2.05, 4.69) is 0 Å². The maximum absolute atomic E-state index is 11.8. The van der Waals surface area contributed by atoms with Crippen LogP contribution in [0.2, 0.25) is 0 Å².